The van der Waals surface area contributed by atoms with Gasteiger partial charge in [-0.15, -0.1) is 10.2 Å². The van der Waals surface area contributed by atoms with Gasteiger partial charge < -0.3 is 5.32 Å². The molecule has 2 aliphatic rings. The number of aromatic nitrogens is 2. The SMILES string of the molecule is c1nnc(NC2CCCC(C3CC3)C2)s1. The number of hydrogen-bond donors (Lipinski definition) is 1. The Balaban J connectivity index is 1.56. The van der Waals surface area contributed by atoms with Crippen LogP contribution in [0.2, 0.25) is 0 Å². The van der Waals surface area contributed by atoms with Crippen LogP contribution in [0.25, 0.3) is 0 Å². The number of nitrogens with one attached hydrogen (secondary N) is 1. The molecular formula is C11H17N3S. The van der Waals surface area contributed by atoms with Crippen molar-refractivity contribution in [2.75, 3.05) is 5.32 Å². The predicted molar refractivity (Wildman–Crippen MR) is 62.0 cm³/mol. The fraction of sp³-hybridized carbons (Fsp3) is 0.818. The second kappa shape index (κ2) is 4.08. The summed E-state index contributed by atoms with van der Waals surface area (Å²) in [6.07, 6.45) is 8.47. The van der Waals surface area contributed by atoms with Gasteiger partial charge in [-0.1, -0.05) is 24.2 Å². The molecule has 0 spiro atoms. The van der Waals surface area contributed by atoms with Crippen molar-refractivity contribution in [1.82, 2.24) is 10.2 Å². The van der Waals surface area contributed by atoms with Crippen LogP contribution in [0.5, 0.6) is 0 Å². The smallest absolute Gasteiger partial charge is 0.205 e. The van der Waals surface area contributed by atoms with Crippen molar-refractivity contribution in [2.24, 2.45) is 11.8 Å². The van der Waals surface area contributed by atoms with Crippen LogP contribution in [-0.2, 0) is 0 Å². The van der Waals surface area contributed by atoms with Gasteiger partial charge in [0.25, 0.3) is 0 Å². The fourth-order valence-corrected chi connectivity index (χ4v) is 3.29. The average Bonchev–Trinajstić information content (AvgIpc) is 3.00. The van der Waals surface area contributed by atoms with Gasteiger partial charge in [-0.2, -0.15) is 0 Å². The van der Waals surface area contributed by atoms with Crippen molar-refractivity contribution in [3.05, 3.63) is 5.51 Å². The Labute approximate surface area is 94.3 Å². The lowest BCUT2D eigenvalue weighted by molar-refractivity contribution is 0.303. The summed E-state index contributed by atoms with van der Waals surface area (Å²) in [5.41, 5.74) is 1.80. The van der Waals surface area contributed by atoms with Gasteiger partial charge in [0.15, 0.2) is 0 Å². The Kier molecular flexibility index (Phi) is 2.61. The number of rotatable bonds is 3. The molecule has 2 unspecified atom stereocenters. The van der Waals surface area contributed by atoms with E-state index in [4.69, 9.17) is 0 Å². The Morgan fingerprint density at radius 2 is 2.13 bits per heavy atom. The first-order valence-corrected chi connectivity index (χ1v) is 6.82. The first-order chi connectivity index (χ1) is 7.42. The Hall–Kier alpha value is -0.640. The first-order valence-electron chi connectivity index (χ1n) is 5.94. The highest BCUT2D eigenvalue weighted by Crippen LogP contribution is 2.44. The fourth-order valence-electron chi connectivity index (χ4n) is 2.77. The van der Waals surface area contributed by atoms with Gasteiger partial charge in [-0.3, -0.25) is 0 Å². The molecule has 0 saturated heterocycles. The molecule has 0 radical (unpaired) electrons. The average molecular weight is 223 g/mol. The highest BCUT2D eigenvalue weighted by Gasteiger charge is 2.34. The maximum Gasteiger partial charge on any atom is 0.205 e. The van der Waals surface area contributed by atoms with Crippen molar-refractivity contribution in [3.8, 4) is 0 Å². The zero-order chi connectivity index (χ0) is 10.1. The van der Waals surface area contributed by atoms with Crippen LogP contribution in [0.1, 0.15) is 38.5 Å². The quantitative estimate of drug-likeness (QED) is 0.856. The predicted octanol–water partition coefficient (Wildman–Crippen LogP) is 2.92. The van der Waals surface area contributed by atoms with Gasteiger partial charge in [0, 0.05) is 6.04 Å². The van der Waals surface area contributed by atoms with Crippen molar-refractivity contribution in [2.45, 2.75) is 44.6 Å². The normalized spacial score (nSPS) is 31.5. The molecule has 1 N–H and O–H groups in total. The summed E-state index contributed by atoms with van der Waals surface area (Å²) in [4.78, 5) is 0. The van der Waals surface area contributed by atoms with Gasteiger partial charge in [-0.25, -0.2) is 0 Å². The maximum absolute atomic E-state index is 4.05. The minimum absolute atomic E-state index is 0.650. The first kappa shape index (κ1) is 9.58. The molecule has 3 rings (SSSR count). The molecule has 2 atom stereocenters. The summed E-state index contributed by atoms with van der Waals surface area (Å²) in [5, 5.41) is 12.4. The van der Waals surface area contributed by atoms with E-state index < -0.39 is 0 Å². The number of anilines is 1. The van der Waals surface area contributed by atoms with E-state index in [1.165, 1.54) is 38.5 Å². The molecule has 3 nitrogen and oxygen atoms in total. The summed E-state index contributed by atoms with van der Waals surface area (Å²) in [6.45, 7) is 0. The Morgan fingerprint density at radius 3 is 2.87 bits per heavy atom. The maximum atomic E-state index is 4.05. The van der Waals surface area contributed by atoms with E-state index in [-0.39, 0.29) is 0 Å². The van der Waals surface area contributed by atoms with E-state index in [0.717, 1.165) is 17.0 Å². The van der Waals surface area contributed by atoms with E-state index in [9.17, 15) is 0 Å². The summed E-state index contributed by atoms with van der Waals surface area (Å²) >= 11 is 1.61. The van der Waals surface area contributed by atoms with E-state index in [0.29, 0.717) is 6.04 Å². The van der Waals surface area contributed by atoms with Crippen LogP contribution in [0.15, 0.2) is 5.51 Å². The van der Waals surface area contributed by atoms with Crippen molar-refractivity contribution in [1.29, 1.82) is 0 Å². The van der Waals surface area contributed by atoms with Gasteiger partial charge in [0.05, 0.1) is 0 Å². The topological polar surface area (TPSA) is 37.8 Å². The van der Waals surface area contributed by atoms with Crippen molar-refractivity contribution >= 4 is 16.5 Å². The molecular weight excluding hydrogens is 206 g/mol. The van der Waals surface area contributed by atoms with Crippen LogP contribution >= 0.6 is 11.3 Å². The monoisotopic (exact) mass is 223 g/mol. The molecule has 0 aromatic carbocycles. The third-order valence-corrected chi connectivity index (χ3v) is 4.31. The second-order valence-corrected chi connectivity index (χ2v) is 5.68. The van der Waals surface area contributed by atoms with Crippen LogP contribution in [0, 0.1) is 11.8 Å². The largest absolute Gasteiger partial charge is 0.357 e. The van der Waals surface area contributed by atoms with Gasteiger partial charge in [-0.05, 0) is 37.5 Å². The summed E-state index contributed by atoms with van der Waals surface area (Å²) in [7, 11) is 0. The summed E-state index contributed by atoms with van der Waals surface area (Å²) in [5.74, 6) is 2.05. The zero-order valence-electron chi connectivity index (χ0n) is 8.85. The molecule has 2 fully saturated rings. The highest BCUT2D eigenvalue weighted by atomic mass is 32.1. The molecule has 82 valence electrons. The second-order valence-electron chi connectivity index (χ2n) is 4.85. The Morgan fingerprint density at radius 1 is 1.20 bits per heavy atom. The number of nitrogens with zero attached hydrogens (tertiary/aromatic N) is 2. The van der Waals surface area contributed by atoms with Gasteiger partial charge in [0.2, 0.25) is 5.13 Å². The van der Waals surface area contributed by atoms with E-state index in [2.05, 4.69) is 15.5 Å². The van der Waals surface area contributed by atoms with Gasteiger partial charge in [0.1, 0.15) is 5.51 Å². The molecule has 4 heteroatoms. The van der Waals surface area contributed by atoms with Crippen LogP contribution < -0.4 is 5.32 Å². The van der Waals surface area contributed by atoms with E-state index in [1.54, 1.807) is 16.8 Å². The molecule has 0 aliphatic heterocycles. The van der Waals surface area contributed by atoms with E-state index >= 15 is 0 Å². The minimum atomic E-state index is 0.650. The summed E-state index contributed by atoms with van der Waals surface area (Å²) < 4.78 is 0. The molecule has 2 aliphatic carbocycles. The molecule has 1 aromatic rings. The molecule has 1 heterocycles. The van der Waals surface area contributed by atoms with Crippen molar-refractivity contribution < 1.29 is 0 Å². The van der Waals surface area contributed by atoms with Crippen LogP contribution in [-0.4, -0.2) is 16.2 Å². The third kappa shape index (κ3) is 2.30. The Bertz CT molecular complexity index is 308. The zero-order valence-corrected chi connectivity index (χ0v) is 9.67. The molecule has 2 saturated carbocycles. The van der Waals surface area contributed by atoms with Crippen LogP contribution in [0.3, 0.4) is 0 Å². The van der Waals surface area contributed by atoms with Crippen molar-refractivity contribution in [3.63, 3.8) is 0 Å². The number of hydrogen-bond acceptors (Lipinski definition) is 4. The molecule has 0 bridgehead atoms. The third-order valence-electron chi connectivity index (χ3n) is 3.69. The minimum Gasteiger partial charge on any atom is -0.357 e. The summed E-state index contributed by atoms with van der Waals surface area (Å²) in [6, 6.07) is 0.650. The molecule has 15 heavy (non-hydrogen) atoms. The molecule has 1 aromatic heterocycles. The lowest BCUT2D eigenvalue weighted by atomic mass is 9.83. The van der Waals surface area contributed by atoms with E-state index in [1.807, 2.05) is 0 Å². The van der Waals surface area contributed by atoms with Gasteiger partial charge >= 0.3 is 0 Å². The molecule has 0 amide bonds. The lowest BCUT2D eigenvalue weighted by Crippen LogP contribution is -2.28. The highest BCUT2D eigenvalue weighted by molar-refractivity contribution is 7.13. The standard InChI is InChI=1S/C11H17N3S/c1-2-9(8-4-5-8)6-10(3-1)13-11-14-12-7-15-11/h7-10H,1-6H2,(H,13,14). The van der Waals surface area contributed by atoms with Crippen LogP contribution in [0.4, 0.5) is 5.13 Å². The lowest BCUT2D eigenvalue weighted by Gasteiger charge is -2.29.